The normalized spacial score (nSPS) is 13.2. The average Bonchev–Trinajstić information content (AvgIpc) is 2.69. The predicted molar refractivity (Wildman–Crippen MR) is 75.7 cm³/mol. The minimum Gasteiger partial charge on any atom is -0.423 e. The van der Waals surface area contributed by atoms with Crippen molar-refractivity contribution in [2.24, 2.45) is 5.92 Å². The summed E-state index contributed by atoms with van der Waals surface area (Å²) in [6.45, 7) is 6.62. The van der Waals surface area contributed by atoms with Gasteiger partial charge in [-0.25, -0.2) is 0 Å². The number of hydrogen-bond donors (Lipinski definition) is 1. The molecule has 4 heteroatoms. The maximum Gasteiger partial charge on any atom is 0.298 e. The third-order valence-electron chi connectivity index (χ3n) is 3.18. The number of nitrogens with two attached hydrogens (primary N) is 1. The van der Waals surface area contributed by atoms with E-state index in [0.29, 0.717) is 23.7 Å². The van der Waals surface area contributed by atoms with Crippen LogP contribution in [-0.2, 0) is 0 Å². The molecule has 0 aliphatic heterocycles. The van der Waals surface area contributed by atoms with Gasteiger partial charge in [0.05, 0.1) is 0 Å². The summed E-state index contributed by atoms with van der Waals surface area (Å²) in [6, 6.07) is 6.58. The lowest BCUT2D eigenvalue weighted by molar-refractivity contribution is 0.474. The molecule has 0 bridgehead atoms. The van der Waals surface area contributed by atoms with Crippen molar-refractivity contribution in [3.63, 3.8) is 0 Å². The van der Waals surface area contributed by atoms with Gasteiger partial charge in [0, 0.05) is 18.8 Å². The minimum atomic E-state index is 0.399. The van der Waals surface area contributed by atoms with E-state index in [-0.39, 0.29) is 0 Å². The Kier molecular flexibility index (Phi) is 3.45. The number of anilines is 2. The van der Waals surface area contributed by atoms with E-state index in [1.165, 1.54) is 0 Å². The van der Waals surface area contributed by atoms with Crippen LogP contribution in [0, 0.1) is 5.92 Å². The number of nitrogens with zero attached hydrogens (tertiary/aromatic N) is 2. The minimum absolute atomic E-state index is 0.399. The standard InChI is InChI=1S/C14H21N3O/c1-9(2)7-10(3)17(4)14-16-12-8-11(15)5-6-13(12)18-14/h5-6,8-10H,7,15H2,1-4H3. The fraction of sp³-hybridized carbons (Fsp3) is 0.500. The van der Waals surface area contributed by atoms with Gasteiger partial charge < -0.3 is 15.1 Å². The highest BCUT2D eigenvalue weighted by Gasteiger charge is 2.17. The lowest BCUT2D eigenvalue weighted by Gasteiger charge is -2.24. The molecule has 1 atom stereocenters. The van der Waals surface area contributed by atoms with E-state index < -0.39 is 0 Å². The van der Waals surface area contributed by atoms with Gasteiger partial charge in [0.2, 0.25) is 0 Å². The second-order valence-electron chi connectivity index (χ2n) is 5.31. The highest BCUT2D eigenvalue weighted by molar-refractivity contribution is 5.78. The Morgan fingerprint density at radius 1 is 1.33 bits per heavy atom. The van der Waals surface area contributed by atoms with E-state index in [1.807, 2.05) is 25.2 Å². The molecule has 98 valence electrons. The molecule has 2 aromatic rings. The zero-order valence-electron chi connectivity index (χ0n) is 11.5. The molecule has 2 N–H and O–H groups in total. The molecule has 0 aliphatic rings. The molecule has 0 fully saturated rings. The quantitative estimate of drug-likeness (QED) is 0.842. The Morgan fingerprint density at radius 3 is 2.72 bits per heavy atom. The van der Waals surface area contributed by atoms with Crippen molar-refractivity contribution in [3.8, 4) is 0 Å². The van der Waals surface area contributed by atoms with E-state index in [1.54, 1.807) is 0 Å². The van der Waals surface area contributed by atoms with Gasteiger partial charge in [0.25, 0.3) is 6.01 Å². The molecular formula is C14H21N3O. The van der Waals surface area contributed by atoms with Crippen LogP contribution in [0.1, 0.15) is 27.2 Å². The SMILES string of the molecule is CC(C)CC(C)N(C)c1nc2cc(N)ccc2o1. The third-order valence-corrected chi connectivity index (χ3v) is 3.18. The molecule has 1 aromatic carbocycles. The summed E-state index contributed by atoms with van der Waals surface area (Å²) in [5.74, 6) is 0.655. The van der Waals surface area contributed by atoms with Crippen LogP contribution in [0.5, 0.6) is 0 Å². The van der Waals surface area contributed by atoms with E-state index in [0.717, 1.165) is 17.5 Å². The number of benzene rings is 1. The molecule has 0 aliphatic carbocycles. The van der Waals surface area contributed by atoms with Gasteiger partial charge in [-0.15, -0.1) is 0 Å². The molecule has 1 heterocycles. The summed E-state index contributed by atoms with van der Waals surface area (Å²) in [7, 11) is 2.01. The van der Waals surface area contributed by atoms with Gasteiger partial charge in [0.15, 0.2) is 5.58 Å². The smallest absolute Gasteiger partial charge is 0.298 e. The van der Waals surface area contributed by atoms with Crippen LogP contribution in [0.4, 0.5) is 11.7 Å². The van der Waals surface area contributed by atoms with Gasteiger partial charge in [-0.1, -0.05) is 13.8 Å². The monoisotopic (exact) mass is 247 g/mol. The van der Waals surface area contributed by atoms with E-state index in [9.17, 15) is 0 Å². The molecule has 0 amide bonds. The molecule has 2 rings (SSSR count). The number of hydrogen-bond acceptors (Lipinski definition) is 4. The van der Waals surface area contributed by atoms with Crippen molar-refractivity contribution in [3.05, 3.63) is 18.2 Å². The van der Waals surface area contributed by atoms with Crippen molar-refractivity contribution in [2.45, 2.75) is 33.2 Å². The second-order valence-corrected chi connectivity index (χ2v) is 5.31. The number of fused-ring (bicyclic) bond motifs is 1. The molecule has 0 radical (unpaired) electrons. The average molecular weight is 247 g/mol. The largest absolute Gasteiger partial charge is 0.423 e. The summed E-state index contributed by atoms with van der Waals surface area (Å²) in [5, 5.41) is 0. The first-order valence-electron chi connectivity index (χ1n) is 6.36. The molecular weight excluding hydrogens is 226 g/mol. The summed E-state index contributed by atoms with van der Waals surface area (Å²) < 4.78 is 5.75. The maximum absolute atomic E-state index is 5.75. The van der Waals surface area contributed by atoms with Crippen LogP contribution in [-0.4, -0.2) is 18.1 Å². The lowest BCUT2D eigenvalue weighted by Crippen LogP contribution is -2.30. The van der Waals surface area contributed by atoms with Gasteiger partial charge >= 0.3 is 0 Å². The summed E-state index contributed by atoms with van der Waals surface area (Å²) in [5.41, 5.74) is 8.04. The number of rotatable bonds is 4. The maximum atomic E-state index is 5.75. The molecule has 0 spiro atoms. The van der Waals surface area contributed by atoms with Crippen molar-refractivity contribution in [2.75, 3.05) is 17.7 Å². The van der Waals surface area contributed by atoms with Crippen molar-refractivity contribution in [1.29, 1.82) is 0 Å². The van der Waals surface area contributed by atoms with Crippen LogP contribution in [0.25, 0.3) is 11.1 Å². The van der Waals surface area contributed by atoms with Crippen LogP contribution < -0.4 is 10.6 Å². The number of oxazole rings is 1. The second kappa shape index (κ2) is 4.88. The van der Waals surface area contributed by atoms with Crippen LogP contribution >= 0.6 is 0 Å². The fourth-order valence-electron chi connectivity index (χ4n) is 2.11. The molecule has 18 heavy (non-hydrogen) atoms. The van der Waals surface area contributed by atoms with Crippen LogP contribution in [0.2, 0.25) is 0 Å². The third kappa shape index (κ3) is 2.58. The summed E-state index contributed by atoms with van der Waals surface area (Å²) in [4.78, 5) is 6.56. The van der Waals surface area contributed by atoms with Gasteiger partial charge in [0.1, 0.15) is 5.52 Å². The first kappa shape index (κ1) is 12.7. The molecule has 0 saturated carbocycles. The van der Waals surface area contributed by atoms with Crippen LogP contribution in [0.15, 0.2) is 22.6 Å². The topological polar surface area (TPSA) is 55.3 Å². The highest BCUT2D eigenvalue weighted by Crippen LogP contribution is 2.25. The predicted octanol–water partition coefficient (Wildman–Crippen LogP) is 3.28. The van der Waals surface area contributed by atoms with Gasteiger partial charge in [-0.3, -0.25) is 0 Å². The Balaban J connectivity index is 2.25. The number of aromatic nitrogens is 1. The summed E-state index contributed by atoms with van der Waals surface area (Å²) >= 11 is 0. The molecule has 0 saturated heterocycles. The van der Waals surface area contributed by atoms with Gasteiger partial charge in [-0.2, -0.15) is 4.98 Å². The Labute approximate surface area is 108 Å². The lowest BCUT2D eigenvalue weighted by atomic mass is 10.0. The Morgan fingerprint density at radius 2 is 2.06 bits per heavy atom. The number of nitrogen functional groups attached to an aromatic ring is 1. The van der Waals surface area contributed by atoms with E-state index >= 15 is 0 Å². The van der Waals surface area contributed by atoms with E-state index in [4.69, 9.17) is 10.2 Å². The van der Waals surface area contributed by atoms with Crippen LogP contribution in [0.3, 0.4) is 0 Å². The zero-order valence-corrected chi connectivity index (χ0v) is 11.5. The molecule has 4 nitrogen and oxygen atoms in total. The molecule has 1 unspecified atom stereocenters. The van der Waals surface area contributed by atoms with Crippen molar-refractivity contribution in [1.82, 2.24) is 4.98 Å². The highest BCUT2D eigenvalue weighted by atomic mass is 16.4. The van der Waals surface area contributed by atoms with Crippen molar-refractivity contribution < 1.29 is 4.42 Å². The Hall–Kier alpha value is -1.71. The van der Waals surface area contributed by atoms with Gasteiger partial charge in [-0.05, 0) is 37.5 Å². The van der Waals surface area contributed by atoms with E-state index in [2.05, 4.69) is 30.7 Å². The summed E-state index contributed by atoms with van der Waals surface area (Å²) in [6.07, 6.45) is 1.11. The first-order valence-corrected chi connectivity index (χ1v) is 6.36. The fourth-order valence-corrected chi connectivity index (χ4v) is 2.11. The molecule has 1 aromatic heterocycles. The Bertz CT molecular complexity index is 533. The van der Waals surface area contributed by atoms with Crippen molar-refractivity contribution >= 4 is 22.8 Å². The zero-order chi connectivity index (χ0) is 13.3. The first-order chi connectivity index (χ1) is 8.47.